The van der Waals surface area contributed by atoms with Crippen molar-refractivity contribution in [2.45, 2.75) is 13.8 Å². The van der Waals surface area contributed by atoms with Crippen molar-refractivity contribution in [3.63, 3.8) is 0 Å². The predicted molar refractivity (Wildman–Crippen MR) is 89.0 cm³/mol. The molecule has 0 bridgehead atoms. The summed E-state index contributed by atoms with van der Waals surface area (Å²) in [5, 5.41) is 2.72. The number of benzene rings is 2. The van der Waals surface area contributed by atoms with Crippen molar-refractivity contribution in [2.75, 3.05) is 11.9 Å². The summed E-state index contributed by atoms with van der Waals surface area (Å²) in [5.74, 6) is -0.867. The van der Waals surface area contributed by atoms with E-state index in [4.69, 9.17) is 4.74 Å². The fourth-order valence-corrected chi connectivity index (χ4v) is 2.44. The first kappa shape index (κ1) is 16.2. The Hall–Kier alpha value is -2.14. The molecule has 0 saturated carbocycles. The van der Waals surface area contributed by atoms with Crippen LogP contribution in [-0.4, -0.2) is 18.5 Å². The molecule has 0 aliphatic heterocycles. The van der Waals surface area contributed by atoms with Gasteiger partial charge in [0.05, 0.1) is 5.56 Å². The van der Waals surface area contributed by atoms with E-state index in [0.29, 0.717) is 11.3 Å². The van der Waals surface area contributed by atoms with Crippen LogP contribution in [0.2, 0.25) is 0 Å². The molecule has 0 aliphatic carbocycles. The van der Waals surface area contributed by atoms with Crippen molar-refractivity contribution < 1.29 is 14.3 Å². The summed E-state index contributed by atoms with van der Waals surface area (Å²) >= 11 is 3.36. The molecule has 4 nitrogen and oxygen atoms in total. The number of hydrogen-bond acceptors (Lipinski definition) is 3. The summed E-state index contributed by atoms with van der Waals surface area (Å²) in [6.45, 7) is 3.39. The quantitative estimate of drug-likeness (QED) is 0.841. The first-order valence-corrected chi connectivity index (χ1v) is 7.55. The molecule has 2 rings (SSSR count). The summed E-state index contributed by atoms with van der Waals surface area (Å²) in [6, 6.07) is 12.6. The first-order valence-electron chi connectivity index (χ1n) is 6.76. The zero-order valence-electron chi connectivity index (χ0n) is 12.4. The van der Waals surface area contributed by atoms with Gasteiger partial charge in [-0.1, -0.05) is 34.1 Å². The molecule has 0 spiro atoms. The van der Waals surface area contributed by atoms with E-state index < -0.39 is 5.97 Å². The van der Waals surface area contributed by atoms with Crippen LogP contribution >= 0.6 is 15.9 Å². The highest BCUT2D eigenvalue weighted by molar-refractivity contribution is 9.10. The third-order valence-electron chi connectivity index (χ3n) is 3.16. The highest BCUT2D eigenvalue weighted by atomic mass is 79.9. The van der Waals surface area contributed by atoms with E-state index in [1.54, 1.807) is 18.2 Å². The number of carbonyl (C=O) groups excluding carboxylic acids is 2. The Balaban J connectivity index is 1.93. The number of rotatable bonds is 4. The Bertz CT molecular complexity index is 713. The van der Waals surface area contributed by atoms with Gasteiger partial charge in [-0.05, 0) is 49.2 Å². The molecule has 0 radical (unpaired) electrons. The Labute approximate surface area is 137 Å². The molecule has 0 aliphatic rings. The smallest absolute Gasteiger partial charge is 0.338 e. The summed E-state index contributed by atoms with van der Waals surface area (Å²) in [4.78, 5) is 23.8. The molecule has 1 amide bonds. The third-order valence-corrected chi connectivity index (χ3v) is 3.66. The van der Waals surface area contributed by atoms with Gasteiger partial charge in [-0.15, -0.1) is 0 Å². The Morgan fingerprint density at radius 2 is 1.82 bits per heavy atom. The van der Waals surface area contributed by atoms with Gasteiger partial charge in [-0.25, -0.2) is 4.79 Å². The van der Waals surface area contributed by atoms with Gasteiger partial charge in [-0.2, -0.15) is 0 Å². The molecule has 0 unspecified atom stereocenters. The van der Waals surface area contributed by atoms with Crippen molar-refractivity contribution in [2.24, 2.45) is 0 Å². The minimum Gasteiger partial charge on any atom is -0.452 e. The number of ether oxygens (including phenoxy) is 1. The van der Waals surface area contributed by atoms with Gasteiger partial charge in [0, 0.05) is 10.2 Å². The number of esters is 1. The van der Waals surface area contributed by atoms with Gasteiger partial charge in [0.1, 0.15) is 0 Å². The fourth-order valence-electron chi connectivity index (χ4n) is 1.96. The largest absolute Gasteiger partial charge is 0.452 e. The minimum atomic E-state index is -0.499. The number of nitrogens with one attached hydrogen (secondary N) is 1. The molecule has 2 aromatic rings. The summed E-state index contributed by atoms with van der Waals surface area (Å²) in [5.41, 5.74) is 2.90. The first-order chi connectivity index (χ1) is 10.5. The predicted octanol–water partition coefficient (Wildman–Crippen LogP) is 3.86. The second-order valence-corrected chi connectivity index (χ2v) is 5.81. The maximum absolute atomic E-state index is 11.9. The average Bonchev–Trinajstić information content (AvgIpc) is 2.48. The molecule has 0 atom stereocenters. The standard InChI is InChI=1S/C17H16BrNO3/c1-11-5-3-4-6-14(11)17(21)22-10-16(20)19-15-8-7-13(18)9-12(15)2/h3-9H,10H2,1-2H3,(H,19,20). The van der Waals surface area contributed by atoms with Crippen LogP contribution in [0, 0.1) is 13.8 Å². The second kappa shape index (κ2) is 7.22. The van der Waals surface area contributed by atoms with Gasteiger partial charge in [-0.3, -0.25) is 4.79 Å². The highest BCUT2D eigenvalue weighted by Crippen LogP contribution is 2.20. The molecule has 114 valence electrons. The van der Waals surface area contributed by atoms with Crippen LogP contribution < -0.4 is 5.32 Å². The van der Waals surface area contributed by atoms with E-state index in [9.17, 15) is 9.59 Å². The number of hydrogen-bond donors (Lipinski definition) is 1. The number of carbonyl (C=O) groups is 2. The normalized spacial score (nSPS) is 10.1. The third kappa shape index (κ3) is 4.18. The van der Waals surface area contributed by atoms with Crippen molar-refractivity contribution in [3.05, 3.63) is 63.6 Å². The summed E-state index contributed by atoms with van der Waals surface area (Å²) in [6.07, 6.45) is 0. The Kier molecular flexibility index (Phi) is 5.33. The topological polar surface area (TPSA) is 55.4 Å². The summed E-state index contributed by atoms with van der Waals surface area (Å²) < 4.78 is 5.99. The minimum absolute atomic E-state index is 0.317. The van der Waals surface area contributed by atoms with E-state index in [2.05, 4.69) is 21.2 Å². The van der Waals surface area contributed by atoms with Crippen LogP contribution in [0.15, 0.2) is 46.9 Å². The van der Waals surface area contributed by atoms with Gasteiger partial charge in [0.2, 0.25) is 0 Å². The molecule has 0 aromatic heterocycles. The molecule has 2 aromatic carbocycles. The van der Waals surface area contributed by atoms with E-state index in [1.807, 2.05) is 38.1 Å². The number of anilines is 1. The van der Waals surface area contributed by atoms with Crippen LogP contribution in [0.1, 0.15) is 21.5 Å². The van der Waals surface area contributed by atoms with Crippen LogP contribution in [-0.2, 0) is 9.53 Å². The lowest BCUT2D eigenvalue weighted by Gasteiger charge is -2.10. The molecular formula is C17H16BrNO3. The Morgan fingerprint density at radius 1 is 1.09 bits per heavy atom. The average molecular weight is 362 g/mol. The van der Waals surface area contributed by atoms with Gasteiger partial charge >= 0.3 is 5.97 Å². The maximum atomic E-state index is 11.9. The molecule has 0 saturated heterocycles. The molecule has 1 N–H and O–H groups in total. The lowest BCUT2D eigenvalue weighted by atomic mass is 10.1. The highest BCUT2D eigenvalue weighted by Gasteiger charge is 2.12. The zero-order chi connectivity index (χ0) is 16.1. The maximum Gasteiger partial charge on any atom is 0.338 e. The number of aryl methyl sites for hydroxylation is 2. The number of halogens is 1. The van der Waals surface area contributed by atoms with Crippen molar-refractivity contribution in [3.8, 4) is 0 Å². The van der Waals surface area contributed by atoms with Crippen LogP contribution in [0.4, 0.5) is 5.69 Å². The summed E-state index contributed by atoms with van der Waals surface area (Å²) in [7, 11) is 0. The molecule has 0 fully saturated rings. The van der Waals surface area contributed by atoms with E-state index in [-0.39, 0.29) is 12.5 Å². The van der Waals surface area contributed by atoms with Crippen LogP contribution in [0.25, 0.3) is 0 Å². The van der Waals surface area contributed by atoms with Gasteiger partial charge < -0.3 is 10.1 Å². The van der Waals surface area contributed by atoms with Gasteiger partial charge in [0.15, 0.2) is 6.61 Å². The number of amides is 1. The molecular weight excluding hydrogens is 346 g/mol. The lowest BCUT2D eigenvalue weighted by molar-refractivity contribution is -0.119. The van der Waals surface area contributed by atoms with Crippen LogP contribution in [0.3, 0.4) is 0 Å². The van der Waals surface area contributed by atoms with Crippen LogP contribution in [0.5, 0.6) is 0 Å². The molecule has 5 heteroatoms. The molecule has 22 heavy (non-hydrogen) atoms. The zero-order valence-corrected chi connectivity index (χ0v) is 13.9. The van der Waals surface area contributed by atoms with E-state index >= 15 is 0 Å². The lowest BCUT2D eigenvalue weighted by Crippen LogP contribution is -2.21. The van der Waals surface area contributed by atoms with Crippen molar-refractivity contribution in [1.82, 2.24) is 0 Å². The van der Waals surface area contributed by atoms with E-state index in [1.165, 1.54) is 0 Å². The SMILES string of the molecule is Cc1cc(Br)ccc1NC(=O)COC(=O)c1ccccc1C. The second-order valence-electron chi connectivity index (χ2n) is 4.90. The Morgan fingerprint density at radius 3 is 2.50 bits per heavy atom. The fraction of sp³-hybridized carbons (Fsp3) is 0.176. The van der Waals surface area contributed by atoms with Crippen molar-refractivity contribution in [1.29, 1.82) is 0 Å². The van der Waals surface area contributed by atoms with E-state index in [0.717, 1.165) is 15.6 Å². The van der Waals surface area contributed by atoms with Gasteiger partial charge in [0.25, 0.3) is 5.91 Å². The monoisotopic (exact) mass is 361 g/mol. The molecule has 0 heterocycles. The van der Waals surface area contributed by atoms with Crippen molar-refractivity contribution >= 4 is 33.5 Å².